The minimum atomic E-state index is -0.320. The van der Waals surface area contributed by atoms with E-state index in [9.17, 15) is 9.59 Å². The summed E-state index contributed by atoms with van der Waals surface area (Å²) in [7, 11) is 0. The van der Waals surface area contributed by atoms with Gasteiger partial charge in [0.15, 0.2) is 5.17 Å². The lowest BCUT2D eigenvalue weighted by molar-refractivity contribution is -0.129. The Morgan fingerprint density at radius 3 is 2.19 bits per heavy atom. The van der Waals surface area contributed by atoms with Crippen LogP contribution in [-0.4, -0.2) is 35.2 Å². The number of aryl methyl sites for hydroxylation is 2. The second kappa shape index (κ2) is 10.3. The van der Waals surface area contributed by atoms with E-state index in [1.54, 1.807) is 0 Å². The number of nitrogens with zero attached hydrogens (tertiary/aromatic N) is 2. The fraction of sp³-hybridized carbons (Fsp3) is 0.348. The quantitative estimate of drug-likeness (QED) is 0.653. The van der Waals surface area contributed by atoms with Gasteiger partial charge in [0.25, 0.3) is 0 Å². The molecule has 0 spiro atoms. The summed E-state index contributed by atoms with van der Waals surface area (Å²) in [5, 5.41) is 8.30. The summed E-state index contributed by atoms with van der Waals surface area (Å²) in [5.41, 5.74) is 3.27. The zero-order chi connectivity index (χ0) is 22.4. The first kappa shape index (κ1) is 22.7. The number of carbonyl (C=O) groups excluding carboxylic acids is 2. The summed E-state index contributed by atoms with van der Waals surface area (Å²) in [6.07, 6.45) is 0.763. The van der Waals surface area contributed by atoms with Crippen LogP contribution in [0.25, 0.3) is 0 Å². The van der Waals surface area contributed by atoms with E-state index >= 15 is 0 Å². The summed E-state index contributed by atoms with van der Waals surface area (Å²) in [4.78, 5) is 23.2. The van der Waals surface area contributed by atoms with Crippen molar-refractivity contribution in [3.8, 4) is 11.5 Å². The number of hydrazone groups is 1. The van der Waals surface area contributed by atoms with Crippen LogP contribution in [0.5, 0.6) is 11.5 Å². The van der Waals surface area contributed by atoms with Gasteiger partial charge in [0.1, 0.15) is 16.9 Å². The minimum absolute atomic E-state index is 0.193. The van der Waals surface area contributed by atoms with Gasteiger partial charge < -0.3 is 14.8 Å². The number of rotatable bonds is 7. The van der Waals surface area contributed by atoms with Crippen LogP contribution in [-0.2, 0) is 9.59 Å². The molecule has 0 aliphatic carbocycles. The summed E-state index contributed by atoms with van der Waals surface area (Å²) < 4.78 is 11.6. The summed E-state index contributed by atoms with van der Waals surface area (Å²) in [5.74, 6) is 1.21. The molecule has 3 rings (SSSR count). The highest BCUT2D eigenvalue weighted by Crippen LogP contribution is 2.39. The molecule has 1 unspecified atom stereocenters. The van der Waals surface area contributed by atoms with Gasteiger partial charge in [-0.3, -0.25) is 9.59 Å². The third-order valence-electron chi connectivity index (χ3n) is 4.44. The molecule has 164 valence electrons. The topological polar surface area (TPSA) is 80.2 Å². The zero-order valence-corrected chi connectivity index (χ0v) is 19.0. The van der Waals surface area contributed by atoms with Gasteiger partial charge in [-0.05, 0) is 54.8 Å². The van der Waals surface area contributed by atoms with E-state index in [0.29, 0.717) is 18.4 Å². The highest BCUT2D eigenvalue weighted by Gasteiger charge is 2.32. The van der Waals surface area contributed by atoms with Gasteiger partial charge in [0, 0.05) is 20.3 Å². The Kier molecular flexibility index (Phi) is 7.57. The third kappa shape index (κ3) is 6.49. The number of ether oxygens (including phenoxy) is 2. The smallest absolute Gasteiger partial charge is 0.241 e. The van der Waals surface area contributed by atoms with Gasteiger partial charge in [-0.15, -0.1) is 5.10 Å². The number of amides is 2. The van der Waals surface area contributed by atoms with Crippen molar-refractivity contribution in [1.82, 2.24) is 10.3 Å². The molecule has 0 bridgehead atoms. The minimum Gasteiger partial charge on any atom is -0.493 e. The fourth-order valence-electron chi connectivity index (χ4n) is 3.16. The molecule has 1 aliphatic heterocycles. The van der Waals surface area contributed by atoms with Gasteiger partial charge in [0.2, 0.25) is 11.8 Å². The molecule has 1 heterocycles. The molecule has 0 fully saturated rings. The Morgan fingerprint density at radius 1 is 1.00 bits per heavy atom. The van der Waals surface area contributed by atoms with Crippen molar-refractivity contribution in [3.63, 3.8) is 0 Å². The molecule has 8 heteroatoms. The SMILES string of the molecule is CC(=O)NC1=NN(C(C)=O)C(c2ccc(OCCCOc3cc(C)cc(C)c3)cc2)S1. The monoisotopic (exact) mass is 441 g/mol. The molecule has 0 aromatic heterocycles. The number of benzene rings is 2. The number of thioether (sulfide) groups is 1. The maximum absolute atomic E-state index is 11.9. The molecular formula is C23H27N3O4S. The molecule has 1 aliphatic rings. The first-order valence-electron chi connectivity index (χ1n) is 10.1. The third-order valence-corrected chi connectivity index (χ3v) is 5.54. The maximum Gasteiger partial charge on any atom is 0.241 e. The molecule has 0 saturated heterocycles. The Balaban J connectivity index is 1.48. The molecule has 7 nitrogen and oxygen atoms in total. The molecule has 2 aromatic carbocycles. The predicted molar refractivity (Wildman–Crippen MR) is 122 cm³/mol. The summed E-state index contributed by atoms with van der Waals surface area (Å²) >= 11 is 1.32. The molecule has 2 aromatic rings. The van der Waals surface area contributed by atoms with Crippen LogP contribution in [0.4, 0.5) is 0 Å². The molecule has 1 atom stereocenters. The number of nitrogens with one attached hydrogen (secondary N) is 1. The van der Waals surface area contributed by atoms with Crippen LogP contribution in [0.2, 0.25) is 0 Å². The maximum atomic E-state index is 11.9. The van der Waals surface area contributed by atoms with Gasteiger partial charge >= 0.3 is 0 Å². The van der Waals surface area contributed by atoms with Crippen molar-refractivity contribution in [1.29, 1.82) is 0 Å². The average molecular weight is 442 g/mol. The van der Waals surface area contributed by atoms with Crippen molar-refractivity contribution in [3.05, 3.63) is 59.2 Å². The van der Waals surface area contributed by atoms with E-state index in [4.69, 9.17) is 9.47 Å². The van der Waals surface area contributed by atoms with Gasteiger partial charge in [-0.2, -0.15) is 0 Å². The first-order valence-corrected chi connectivity index (χ1v) is 11.0. The molecule has 31 heavy (non-hydrogen) atoms. The molecular weight excluding hydrogens is 414 g/mol. The van der Waals surface area contributed by atoms with Gasteiger partial charge in [0.05, 0.1) is 13.2 Å². The zero-order valence-electron chi connectivity index (χ0n) is 18.2. The molecule has 1 N–H and O–H groups in total. The highest BCUT2D eigenvalue weighted by atomic mass is 32.2. The van der Waals surface area contributed by atoms with Crippen molar-refractivity contribution in [2.75, 3.05) is 13.2 Å². The fourth-order valence-corrected chi connectivity index (χ4v) is 4.30. The molecule has 2 amide bonds. The van der Waals surface area contributed by atoms with E-state index in [2.05, 4.69) is 30.3 Å². The first-order chi connectivity index (χ1) is 14.8. The number of carbonyl (C=O) groups is 2. The Morgan fingerprint density at radius 2 is 1.61 bits per heavy atom. The number of amidine groups is 1. The van der Waals surface area contributed by atoms with Crippen LogP contribution >= 0.6 is 11.8 Å². The van der Waals surface area contributed by atoms with E-state index in [1.165, 1.54) is 41.7 Å². The van der Waals surface area contributed by atoms with Crippen molar-refractivity contribution < 1.29 is 19.1 Å². The van der Waals surface area contributed by atoms with Crippen LogP contribution in [0.1, 0.15) is 42.3 Å². The van der Waals surface area contributed by atoms with Gasteiger partial charge in [-0.25, -0.2) is 5.01 Å². The normalized spacial score (nSPS) is 15.4. The van der Waals surface area contributed by atoms with E-state index in [-0.39, 0.29) is 17.2 Å². The average Bonchev–Trinajstić information content (AvgIpc) is 3.11. The number of hydrogen-bond acceptors (Lipinski definition) is 6. The van der Waals surface area contributed by atoms with Gasteiger partial charge in [-0.1, -0.05) is 30.0 Å². The van der Waals surface area contributed by atoms with Crippen molar-refractivity contribution >= 4 is 28.7 Å². The highest BCUT2D eigenvalue weighted by molar-refractivity contribution is 8.14. The van der Waals surface area contributed by atoms with E-state index < -0.39 is 0 Å². The van der Waals surface area contributed by atoms with Crippen molar-refractivity contribution in [2.24, 2.45) is 5.10 Å². The van der Waals surface area contributed by atoms with E-state index in [1.807, 2.05) is 36.4 Å². The van der Waals surface area contributed by atoms with Crippen LogP contribution < -0.4 is 14.8 Å². The van der Waals surface area contributed by atoms with E-state index in [0.717, 1.165) is 23.5 Å². The Labute approximate surface area is 186 Å². The Bertz CT molecular complexity index is 955. The standard InChI is InChI=1S/C23H27N3O4S/c1-15-12-16(2)14-21(13-15)30-11-5-10-29-20-8-6-19(7-9-20)22-26(18(4)28)25-23(31-22)24-17(3)27/h6-9,12-14,22H,5,10-11H2,1-4H3,(H,24,25,27). The summed E-state index contributed by atoms with van der Waals surface area (Å²) in [6, 6.07) is 13.7. The summed E-state index contributed by atoms with van der Waals surface area (Å²) in [6.45, 7) is 8.09. The lowest BCUT2D eigenvalue weighted by Gasteiger charge is -2.19. The number of hydrogen-bond donors (Lipinski definition) is 1. The largest absolute Gasteiger partial charge is 0.493 e. The predicted octanol–water partition coefficient (Wildman–Crippen LogP) is 4.15. The second-order valence-electron chi connectivity index (χ2n) is 7.36. The van der Waals surface area contributed by atoms with Crippen LogP contribution in [0.15, 0.2) is 47.6 Å². The lowest BCUT2D eigenvalue weighted by atomic mass is 10.1. The van der Waals surface area contributed by atoms with Crippen LogP contribution in [0, 0.1) is 13.8 Å². The Hall–Kier alpha value is -3.00. The molecule has 0 saturated carbocycles. The second-order valence-corrected chi connectivity index (χ2v) is 8.43. The molecule has 0 radical (unpaired) electrons. The van der Waals surface area contributed by atoms with Crippen molar-refractivity contribution in [2.45, 2.75) is 39.5 Å². The lowest BCUT2D eigenvalue weighted by Crippen LogP contribution is -2.25. The van der Waals surface area contributed by atoms with Crippen LogP contribution in [0.3, 0.4) is 0 Å².